The smallest absolute Gasteiger partial charge is 0.0480 e. The van der Waals surface area contributed by atoms with E-state index in [2.05, 4.69) is 36.1 Å². The Bertz CT molecular complexity index is 482. The number of nitrogens with zero attached hydrogens (tertiary/aromatic N) is 2. The molecule has 0 N–H and O–H groups in total. The maximum Gasteiger partial charge on any atom is 0.0480 e. The SMILES string of the molecule is CCC(CC1CCc2cnccc21)CN(C)C1CCCOCC1. The van der Waals surface area contributed by atoms with Gasteiger partial charge in [-0.15, -0.1) is 0 Å². The first-order chi connectivity index (χ1) is 11.3. The molecule has 0 aromatic carbocycles. The molecule has 2 aliphatic rings. The number of fused-ring (bicyclic) bond motifs is 1. The van der Waals surface area contributed by atoms with Crippen LogP contribution in [0.1, 0.15) is 62.5 Å². The molecule has 128 valence electrons. The van der Waals surface area contributed by atoms with E-state index in [0.717, 1.165) is 25.0 Å². The summed E-state index contributed by atoms with van der Waals surface area (Å²) in [6, 6.07) is 2.97. The molecule has 0 bridgehead atoms. The quantitative estimate of drug-likeness (QED) is 0.792. The summed E-state index contributed by atoms with van der Waals surface area (Å²) in [5.41, 5.74) is 3.06. The van der Waals surface area contributed by atoms with Crippen molar-refractivity contribution in [2.24, 2.45) is 5.92 Å². The van der Waals surface area contributed by atoms with Crippen LogP contribution in [0.25, 0.3) is 0 Å². The predicted molar refractivity (Wildman–Crippen MR) is 94.8 cm³/mol. The Kier molecular flexibility index (Phi) is 6.07. The van der Waals surface area contributed by atoms with Gasteiger partial charge in [-0.05, 0) is 74.6 Å². The van der Waals surface area contributed by atoms with Crippen molar-refractivity contribution >= 4 is 0 Å². The molecule has 1 aromatic heterocycles. The largest absolute Gasteiger partial charge is 0.381 e. The van der Waals surface area contributed by atoms with Crippen LogP contribution in [0.2, 0.25) is 0 Å². The minimum Gasteiger partial charge on any atom is -0.381 e. The molecular weight excluding hydrogens is 284 g/mol. The fraction of sp³-hybridized carbons (Fsp3) is 0.750. The van der Waals surface area contributed by atoms with E-state index in [1.807, 2.05) is 6.20 Å². The van der Waals surface area contributed by atoms with Crippen molar-refractivity contribution in [1.82, 2.24) is 9.88 Å². The van der Waals surface area contributed by atoms with Gasteiger partial charge in [0, 0.05) is 38.2 Å². The highest BCUT2D eigenvalue weighted by atomic mass is 16.5. The van der Waals surface area contributed by atoms with Crippen LogP contribution < -0.4 is 0 Å². The van der Waals surface area contributed by atoms with E-state index in [-0.39, 0.29) is 0 Å². The third kappa shape index (κ3) is 4.33. The van der Waals surface area contributed by atoms with E-state index < -0.39 is 0 Å². The molecule has 1 aliphatic heterocycles. The second-order valence-electron chi connectivity index (χ2n) is 7.46. The lowest BCUT2D eigenvalue weighted by Gasteiger charge is -2.31. The molecular formula is C20H32N2O. The third-order valence-corrected chi connectivity index (χ3v) is 5.93. The van der Waals surface area contributed by atoms with Gasteiger partial charge >= 0.3 is 0 Å². The summed E-state index contributed by atoms with van der Waals surface area (Å²) in [6.45, 7) is 5.48. The molecule has 0 radical (unpaired) electrons. The van der Waals surface area contributed by atoms with Gasteiger partial charge in [0.1, 0.15) is 0 Å². The third-order valence-electron chi connectivity index (χ3n) is 5.93. The zero-order chi connectivity index (χ0) is 16.1. The van der Waals surface area contributed by atoms with Crippen LogP contribution in [0, 0.1) is 5.92 Å². The molecule has 1 fully saturated rings. The van der Waals surface area contributed by atoms with E-state index >= 15 is 0 Å². The maximum absolute atomic E-state index is 5.62. The van der Waals surface area contributed by atoms with Gasteiger partial charge in [0.2, 0.25) is 0 Å². The summed E-state index contributed by atoms with van der Waals surface area (Å²) in [4.78, 5) is 6.90. The maximum atomic E-state index is 5.62. The number of ether oxygens (including phenoxy) is 1. The van der Waals surface area contributed by atoms with Crippen molar-refractivity contribution < 1.29 is 4.74 Å². The van der Waals surface area contributed by atoms with E-state index in [1.165, 1.54) is 57.1 Å². The normalized spacial score (nSPS) is 26.0. The fourth-order valence-corrected chi connectivity index (χ4v) is 4.43. The van der Waals surface area contributed by atoms with Crippen LogP contribution in [0.5, 0.6) is 0 Å². The van der Waals surface area contributed by atoms with E-state index in [1.54, 1.807) is 5.56 Å². The molecule has 3 atom stereocenters. The molecule has 3 rings (SSSR count). The standard InChI is InChI=1S/C20H32N2O/c1-3-16(15-22(2)19-5-4-11-23-12-9-19)13-17-6-7-18-14-21-10-8-20(17)18/h8,10,14,16-17,19H,3-7,9,11-13,15H2,1-2H3. The van der Waals surface area contributed by atoms with Gasteiger partial charge in [0.15, 0.2) is 0 Å². The summed E-state index contributed by atoms with van der Waals surface area (Å²) < 4.78 is 5.62. The number of aryl methyl sites for hydroxylation is 1. The summed E-state index contributed by atoms with van der Waals surface area (Å²) in [5.74, 6) is 1.55. The Morgan fingerprint density at radius 1 is 1.30 bits per heavy atom. The zero-order valence-corrected chi connectivity index (χ0v) is 14.8. The van der Waals surface area contributed by atoms with Gasteiger partial charge in [-0.1, -0.05) is 13.3 Å². The molecule has 1 aliphatic carbocycles. The molecule has 1 saturated heterocycles. The Balaban J connectivity index is 1.55. The number of aromatic nitrogens is 1. The predicted octanol–water partition coefficient (Wildman–Crippen LogP) is 4.03. The highest BCUT2D eigenvalue weighted by Crippen LogP contribution is 2.37. The van der Waals surface area contributed by atoms with Gasteiger partial charge in [-0.3, -0.25) is 4.98 Å². The molecule has 2 heterocycles. The Labute approximate surface area is 141 Å². The monoisotopic (exact) mass is 316 g/mol. The lowest BCUT2D eigenvalue weighted by molar-refractivity contribution is 0.130. The van der Waals surface area contributed by atoms with Crippen LogP contribution in [0.4, 0.5) is 0 Å². The number of hydrogen-bond donors (Lipinski definition) is 0. The molecule has 3 nitrogen and oxygen atoms in total. The van der Waals surface area contributed by atoms with E-state index in [0.29, 0.717) is 6.04 Å². The van der Waals surface area contributed by atoms with Crippen molar-refractivity contribution in [3.05, 3.63) is 29.6 Å². The number of rotatable bonds is 6. The molecule has 0 amide bonds. The first kappa shape index (κ1) is 16.9. The van der Waals surface area contributed by atoms with Crippen molar-refractivity contribution in [2.45, 2.75) is 63.8 Å². The summed E-state index contributed by atoms with van der Waals surface area (Å²) >= 11 is 0. The van der Waals surface area contributed by atoms with Crippen LogP contribution in [-0.2, 0) is 11.2 Å². The van der Waals surface area contributed by atoms with Crippen molar-refractivity contribution in [3.63, 3.8) is 0 Å². The fourth-order valence-electron chi connectivity index (χ4n) is 4.43. The lowest BCUT2D eigenvalue weighted by Crippen LogP contribution is -2.36. The van der Waals surface area contributed by atoms with Crippen molar-refractivity contribution in [1.29, 1.82) is 0 Å². The van der Waals surface area contributed by atoms with E-state index in [9.17, 15) is 0 Å². The first-order valence-corrected chi connectivity index (χ1v) is 9.48. The summed E-state index contributed by atoms with van der Waals surface area (Å²) in [6.07, 6.45) is 12.9. The van der Waals surface area contributed by atoms with Crippen molar-refractivity contribution in [2.75, 3.05) is 26.8 Å². The van der Waals surface area contributed by atoms with Gasteiger partial charge < -0.3 is 9.64 Å². The van der Waals surface area contributed by atoms with Gasteiger partial charge in [-0.2, -0.15) is 0 Å². The summed E-state index contributed by atoms with van der Waals surface area (Å²) in [7, 11) is 2.32. The van der Waals surface area contributed by atoms with Gasteiger partial charge in [0.05, 0.1) is 0 Å². The minimum absolute atomic E-state index is 0.714. The molecule has 3 heteroatoms. The van der Waals surface area contributed by atoms with Gasteiger partial charge in [0.25, 0.3) is 0 Å². The molecule has 0 saturated carbocycles. The van der Waals surface area contributed by atoms with Crippen LogP contribution >= 0.6 is 0 Å². The average Bonchev–Trinajstić information content (AvgIpc) is 2.80. The van der Waals surface area contributed by atoms with Crippen LogP contribution in [0.3, 0.4) is 0 Å². The molecule has 23 heavy (non-hydrogen) atoms. The average molecular weight is 316 g/mol. The Hall–Kier alpha value is -0.930. The second kappa shape index (κ2) is 8.25. The van der Waals surface area contributed by atoms with Crippen LogP contribution in [0.15, 0.2) is 18.5 Å². The zero-order valence-electron chi connectivity index (χ0n) is 14.8. The minimum atomic E-state index is 0.714. The second-order valence-corrected chi connectivity index (χ2v) is 7.46. The molecule has 3 unspecified atom stereocenters. The molecule has 1 aromatic rings. The van der Waals surface area contributed by atoms with Gasteiger partial charge in [-0.25, -0.2) is 0 Å². The first-order valence-electron chi connectivity index (χ1n) is 9.48. The Morgan fingerprint density at radius 3 is 3.09 bits per heavy atom. The highest BCUT2D eigenvalue weighted by Gasteiger charge is 2.26. The van der Waals surface area contributed by atoms with Crippen molar-refractivity contribution in [3.8, 4) is 0 Å². The van der Waals surface area contributed by atoms with E-state index in [4.69, 9.17) is 4.74 Å². The molecule has 0 spiro atoms. The Morgan fingerprint density at radius 2 is 2.22 bits per heavy atom. The van der Waals surface area contributed by atoms with Crippen LogP contribution in [-0.4, -0.2) is 42.7 Å². The highest BCUT2D eigenvalue weighted by molar-refractivity contribution is 5.32. The number of hydrogen-bond acceptors (Lipinski definition) is 3. The number of pyridine rings is 1. The lowest BCUT2D eigenvalue weighted by atomic mass is 9.88. The topological polar surface area (TPSA) is 25.4 Å². The summed E-state index contributed by atoms with van der Waals surface area (Å²) in [5, 5.41) is 0.